The number of ether oxygens (including phenoxy) is 1. The largest absolute Gasteiger partial charge is 0.489 e. The van der Waals surface area contributed by atoms with Crippen LogP contribution in [0.1, 0.15) is 11.1 Å². The molecule has 0 heterocycles. The van der Waals surface area contributed by atoms with Crippen LogP contribution >= 0.6 is 15.9 Å². The number of rotatable bonds is 5. The molecule has 2 aromatic rings. The van der Waals surface area contributed by atoms with Crippen LogP contribution in [-0.2, 0) is 13.0 Å². The molecule has 0 saturated carbocycles. The van der Waals surface area contributed by atoms with Crippen molar-refractivity contribution in [2.24, 2.45) is 5.73 Å². The van der Waals surface area contributed by atoms with Gasteiger partial charge in [0.05, 0.1) is 4.47 Å². The van der Waals surface area contributed by atoms with Gasteiger partial charge in [-0.1, -0.05) is 6.07 Å². The first-order valence-electron chi connectivity index (χ1n) is 6.15. The zero-order valence-electron chi connectivity index (χ0n) is 10.7. The fourth-order valence-electron chi connectivity index (χ4n) is 1.83. The molecule has 0 saturated heterocycles. The topological polar surface area (TPSA) is 35.2 Å². The summed E-state index contributed by atoms with van der Waals surface area (Å²) < 4.78 is 32.4. The first-order chi connectivity index (χ1) is 9.60. The Morgan fingerprint density at radius 3 is 2.60 bits per heavy atom. The molecule has 0 bridgehead atoms. The van der Waals surface area contributed by atoms with Crippen LogP contribution < -0.4 is 10.5 Å². The van der Waals surface area contributed by atoms with Crippen LogP contribution in [0.2, 0.25) is 0 Å². The van der Waals surface area contributed by atoms with E-state index in [4.69, 9.17) is 10.5 Å². The van der Waals surface area contributed by atoms with Gasteiger partial charge in [0.2, 0.25) is 0 Å². The molecule has 0 atom stereocenters. The lowest BCUT2D eigenvalue weighted by molar-refractivity contribution is 0.302. The third kappa shape index (κ3) is 3.77. The molecule has 0 radical (unpaired) electrons. The summed E-state index contributed by atoms with van der Waals surface area (Å²) >= 11 is 3.12. The highest BCUT2D eigenvalue weighted by Gasteiger charge is 2.06. The molecular formula is C15H14BrF2NO. The molecule has 0 fully saturated rings. The van der Waals surface area contributed by atoms with Crippen molar-refractivity contribution in [3.8, 4) is 5.75 Å². The van der Waals surface area contributed by atoms with E-state index >= 15 is 0 Å². The zero-order chi connectivity index (χ0) is 14.5. The van der Waals surface area contributed by atoms with E-state index in [0.717, 1.165) is 11.1 Å². The normalized spacial score (nSPS) is 10.6. The maximum absolute atomic E-state index is 13.2. The van der Waals surface area contributed by atoms with E-state index in [-0.39, 0.29) is 18.2 Å². The third-order valence-corrected chi connectivity index (χ3v) is 3.42. The third-order valence-electron chi connectivity index (χ3n) is 2.81. The zero-order valence-corrected chi connectivity index (χ0v) is 12.3. The number of nitrogens with two attached hydrogens (primary N) is 1. The Bertz CT molecular complexity index is 604. The number of hydrogen-bond donors (Lipinski definition) is 1. The molecule has 20 heavy (non-hydrogen) atoms. The Labute approximate surface area is 124 Å². The Balaban J connectivity index is 2.11. The summed E-state index contributed by atoms with van der Waals surface area (Å²) in [6.45, 7) is 0.698. The maximum Gasteiger partial charge on any atom is 0.137 e. The van der Waals surface area contributed by atoms with Crippen LogP contribution in [-0.4, -0.2) is 6.54 Å². The molecule has 0 amide bonds. The standard InChI is InChI=1S/C15H14BrF2NO/c16-13-7-10(1-3-14(13)18)9-20-15-4-2-12(17)8-11(15)5-6-19/h1-4,7-8H,5-6,9,19H2. The highest BCUT2D eigenvalue weighted by Crippen LogP contribution is 2.23. The van der Waals surface area contributed by atoms with Crippen molar-refractivity contribution in [2.75, 3.05) is 6.54 Å². The van der Waals surface area contributed by atoms with Gasteiger partial charge in [0, 0.05) is 0 Å². The Kier molecular flexibility index (Phi) is 5.09. The van der Waals surface area contributed by atoms with E-state index in [9.17, 15) is 8.78 Å². The van der Waals surface area contributed by atoms with Gasteiger partial charge in [0.25, 0.3) is 0 Å². The van der Waals surface area contributed by atoms with Gasteiger partial charge in [0.1, 0.15) is 24.0 Å². The van der Waals surface area contributed by atoms with Crippen LogP contribution in [0.25, 0.3) is 0 Å². The predicted molar refractivity (Wildman–Crippen MR) is 77.6 cm³/mol. The van der Waals surface area contributed by atoms with Crippen molar-refractivity contribution in [2.45, 2.75) is 13.0 Å². The first kappa shape index (κ1) is 14.9. The number of benzene rings is 2. The van der Waals surface area contributed by atoms with Crippen LogP contribution in [0, 0.1) is 11.6 Å². The fourth-order valence-corrected chi connectivity index (χ4v) is 2.26. The van der Waals surface area contributed by atoms with Gasteiger partial charge in [-0.15, -0.1) is 0 Å². The van der Waals surface area contributed by atoms with Crippen molar-refractivity contribution < 1.29 is 13.5 Å². The van der Waals surface area contributed by atoms with Crippen LogP contribution in [0.3, 0.4) is 0 Å². The van der Waals surface area contributed by atoms with Gasteiger partial charge in [-0.25, -0.2) is 8.78 Å². The highest BCUT2D eigenvalue weighted by molar-refractivity contribution is 9.10. The Morgan fingerprint density at radius 2 is 1.90 bits per heavy atom. The molecule has 0 unspecified atom stereocenters. The molecule has 0 aliphatic heterocycles. The molecule has 0 aliphatic rings. The summed E-state index contributed by atoms with van der Waals surface area (Å²) in [4.78, 5) is 0. The van der Waals surface area contributed by atoms with E-state index < -0.39 is 0 Å². The minimum atomic E-state index is -0.320. The Hall–Kier alpha value is -1.46. The van der Waals surface area contributed by atoms with Gasteiger partial charge in [0.15, 0.2) is 0 Å². The van der Waals surface area contributed by atoms with Crippen molar-refractivity contribution in [3.05, 3.63) is 63.6 Å². The molecule has 2 aromatic carbocycles. The number of halogens is 3. The summed E-state index contributed by atoms with van der Waals surface area (Å²) in [7, 11) is 0. The second kappa shape index (κ2) is 6.81. The average molecular weight is 342 g/mol. The predicted octanol–water partition coefficient (Wildman–Crippen LogP) is 3.81. The SMILES string of the molecule is NCCc1cc(F)ccc1OCc1ccc(F)c(Br)c1. The monoisotopic (exact) mass is 341 g/mol. The van der Waals surface area contributed by atoms with E-state index in [0.29, 0.717) is 23.2 Å². The first-order valence-corrected chi connectivity index (χ1v) is 6.94. The molecule has 106 valence electrons. The van der Waals surface area contributed by atoms with Gasteiger partial charge < -0.3 is 10.5 Å². The van der Waals surface area contributed by atoms with Crippen molar-refractivity contribution in [1.82, 2.24) is 0 Å². The molecule has 0 aromatic heterocycles. The van der Waals surface area contributed by atoms with Crippen LogP contribution in [0.4, 0.5) is 8.78 Å². The van der Waals surface area contributed by atoms with Gasteiger partial charge >= 0.3 is 0 Å². The van der Waals surface area contributed by atoms with Crippen LogP contribution in [0.15, 0.2) is 40.9 Å². The summed E-state index contributed by atoms with van der Waals surface area (Å²) in [6.07, 6.45) is 0.542. The van der Waals surface area contributed by atoms with Gasteiger partial charge in [-0.2, -0.15) is 0 Å². The van der Waals surface area contributed by atoms with Crippen molar-refractivity contribution in [1.29, 1.82) is 0 Å². The quantitative estimate of drug-likeness (QED) is 0.897. The molecular weight excluding hydrogens is 328 g/mol. The summed E-state index contributed by atoms with van der Waals surface area (Å²) in [5, 5.41) is 0. The maximum atomic E-state index is 13.2. The lowest BCUT2D eigenvalue weighted by Gasteiger charge is -2.11. The van der Waals surface area contributed by atoms with Crippen molar-refractivity contribution >= 4 is 15.9 Å². The van der Waals surface area contributed by atoms with Crippen molar-refractivity contribution in [3.63, 3.8) is 0 Å². The van der Waals surface area contributed by atoms with E-state index in [1.165, 1.54) is 18.2 Å². The van der Waals surface area contributed by atoms with E-state index in [2.05, 4.69) is 15.9 Å². The second-order valence-electron chi connectivity index (χ2n) is 4.33. The lowest BCUT2D eigenvalue weighted by Crippen LogP contribution is -2.06. The lowest BCUT2D eigenvalue weighted by atomic mass is 10.1. The van der Waals surface area contributed by atoms with Gasteiger partial charge in [-0.3, -0.25) is 0 Å². The molecule has 5 heteroatoms. The van der Waals surface area contributed by atoms with E-state index in [1.54, 1.807) is 18.2 Å². The Morgan fingerprint density at radius 1 is 1.10 bits per heavy atom. The molecule has 0 spiro atoms. The summed E-state index contributed by atoms with van der Waals surface area (Å²) in [6, 6.07) is 9.01. The number of hydrogen-bond acceptors (Lipinski definition) is 2. The fraction of sp³-hybridized carbons (Fsp3) is 0.200. The molecule has 0 aliphatic carbocycles. The minimum Gasteiger partial charge on any atom is -0.489 e. The molecule has 2 rings (SSSR count). The van der Waals surface area contributed by atoms with E-state index in [1.807, 2.05) is 0 Å². The smallest absolute Gasteiger partial charge is 0.137 e. The molecule has 2 nitrogen and oxygen atoms in total. The van der Waals surface area contributed by atoms with Crippen LogP contribution in [0.5, 0.6) is 5.75 Å². The second-order valence-corrected chi connectivity index (χ2v) is 5.18. The highest BCUT2D eigenvalue weighted by atomic mass is 79.9. The summed E-state index contributed by atoms with van der Waals surface area (Å²) in [5.74, 6) is -0.0398. The molecule has 2 N–H and O–H groups in total. The average Bonchev–Trinajstić information content (AvgIpc) is 2.42. The summed E-state index contributed by atoms with van der Waals surface area (Å²) in [5.41, 5.74) is 7.05. The van der Waals surface area contributed by atoms with Gasteiger partial charge in [-0.05, 0) is 70.4 Å². The minimum absolute atomic E-state index is 0.280.